The lowest BCUT2D eigenvalue weighted by Crippen LogP contribution is -2.39. The van der Waals surface area contributed by atoms with E-state index in [4.69, 9.17) is 4.74 Å². The normalized spacial score (nSPS) is 13.2. The van der Waals surface area contributed by atoms with Gasteiger partial charge < -0.3 is 10.1 Å². The fourth-order valence-corrected chi connectivity index (χ4v) is 1.17. The smallest absolute Gasteiger partial charge is 0.407 e. The molecule has 0 bridgehead atoms. The zero-order valence-electron chi connectivity index (χ0n) is 10.1. The summed E-state index contributed by atoms with van der Waals surface area (Å²) in [6.07, 6.45) is 2.92. The number of alkyl carbamates (subject to hydrolysis) is 1. The topological polar surface area (TPSA) is 69.0 Å². The number of ether oxygens (including phenoxy) is 1. The summed E-state index contributed by atoms with van der Waals surface area (Å²) in [5.74, 6) is 0. The number of rotatable bonds is 3. The first-order chi connectivity index (χ1) is 7.37. The average molecular weight is 226 g/mol. The molecule has 0 aliphatic heterocycles. The molecular formula is C10H18N4O2. The fraction of sp³-hybridized carbons (Fsp3) is 0.700. The van der Waals surface area contributed by atoms with Crippen molar-refractivity contribution in [2.24, 2.45) is 0 Å². The van der Waals surface area contributed by atoms with Crippen LogP contribution in [0.25, 0.3) is 0 Å². The van der Waals surface area contributed by atoms with Gasteiger partial charge in [-0.1, -0.05) is 5.21 Å². The largest absolute Gasteiger partial charge is 0.444 e. The van der Waals surface area contributed by atoms with Crippen molar-refractivity contribution >= 4 is 6.09 Å². The van der Waals surface area contributed by atoms with Gasteiger partial charge in [-0.15, -0.1) is 5.10 Å². The van der Waals surface area contributed by atoms with Crippen LogP contribution in [0.4, 0.5) is 4.79 Å². The maximum atomic E-state index is 11.4. The molecule has 0 saturated carbocycles. The van der Waals surface area contributed by atoms with Gasteiger partial charge in [0.15, 0.2) is 0 Å². The van der Waals surface area contributed by atoms with E-state index in [0.29, 0.717) is 6.54 Å². The molecular weight excluding hydrogens is 208 g/mol. The van der Waals surface area contributed by atoms with Crippen molar-refractivity contribution < 1.29 is 9.53 Å². The average Bonchev–Trinajstić information content (AvgIpc) is 2.51. The van der Waals surface area contributed by atoms with E-state index in [1.165, 1.54) is 0 Å². The molecule has 6 nitrogen and oxygen atoms in total. The van der Waals surface area contributed by atoms with E-state index >= 15 is 0 Å². The first-order valence-electron chi connectivity index (χ1n) is 5.20. The molecule has 0 radical (unpaired) electrons. The Bertz CT molecular complexity index is 329. The minimum absolute atomic E-state index is 0.0588. The first-order valence-corrected chi connectivity index (χ1v) is 5.20. The third kappa shape index (κ3) is 4.77. The molecule has 1 aromatic rings. The van der Waals surface area contributed by atoms with Gasteiger partial charge in [-0.2, -0.15) is 0 Å². The molecule has 16 heavy (non-hydrogen) atoms. The zero-order chi connectivity index (χ0) is 12.2. The lowest BCUT2D eigenvalue weighted by Gasteiger charge is -2.21. The lowest BCUT2D eigenvalue weighted by molar-refractivity contribution is 0.0503. The molecule has 0 aliphatic carbocycles. The molecule has 0 spiro atoms. The predicted molar refractivity (Wildman–Crippen MR) is 58.9 cm³/mol. The second-order valence-electron chi connectivity index (χ2n) is 4.67. The SMILES string of the molecule is C[C@H](Cn1ccnn1)NC(=O)OC(C)(C)C. The van der Waals surface area contributed by atoms with Crippen LogP contribution < -0.4 is 5.32 Å². The molecule has 90 valence electrons. The molecule has 1 heterocycles. The number of hydrogen-bond acceptors (Lipinski definition) is 4. The highest BCUT2D eigenvalue weighted by atomic mass is 16.6. The van der Waals surface area contributed by atoms with Crippen LogP contribution in [0.5, 0.6) is 0 Å². The third-order valence-electron chi connectivity index (χ3n) is 1.70. The highest BCUT2D eigenvalue weighted by molar-refractivity contribution is 5.67. The van der Waals surface area contributed by atoms with E-state index in [9.17, 15) is 4.79 Å². The first kappa shape index (κ1) is 12.5. The summed E-state index contributed by atoms with van der Waals surface area (Å²) < 4.78 is 6.79. The van der Waals surface area contributed by atoms with Crippen LogP contribution in [0, 0.1) is 0 Å². The van der Waals surface area contributed by atoms with Gasteiger partial charge in [0.1, 0.15) is 5.60 Å². The molecule has 1 aromatic heterocycles. The van der Waals surface area contributed by atoms with E-state index in [1.807, 2.05) is 27.7 Å². The van der Waals surface area contributed by atoms with Gasteiger partial charge in [0, 0.05) is 12.2 Å². The van der Waals surface area contributed by atoms with Crippen LogP contribution in [0.1, 0.15) is 27.7 Å². The Kier molecular flexibility index (Phi) is 3.87. The molecule has 0 fully saturated rings. The van der Waals surface area contributed by atoms with Crippen molar-refractivity contribution in [1.29, 1.82) is 0 Å². The number of amides is 1. The van der Waals surface area contributed by atoms with Crippen molar-refractivity contribution in [2.75, 3.05) is 0 Å². The Labute approximate surface area is 95.0 Å². The number of carbonyl (C=O) groups excluding carboxylic acids is 1. The summed E-state index contributed by atoms with van der Waals surface area (Å²) in [6, 6.07) is -0.0588. The van der Waals surface area contributed by atoms with Crippen molar-refractivity contribution in [3.8, 4) is 0 Å². The maximum absolute atomic E-state index is 11.4. The van der Waals surface area contributed by atoms with Crippen LogP contribution in [-0.2, 0) is 11.3 Å². The summed E-state index contributed by atoms with van der Waals surface area (Å²) in [6.45, 7) is 7.93. The lowest BCUT2D eigenvalue weighted by atomic mass is 10.2. The number of nitrogens with one attached hydrogen (secondary N) is 1. The van der Waals surface area contributed by atoms with Crippen molar-refractivity contribution in [1.82, 2.24) is 20.3 Å². The van der Waals surface area contributed by atoms with Gasteiger partial charge in [-0.05, 0) is 27.7 Å². The second kappa shape index (κ2) is 4.96. The standard InChI is InChI=1S/C10H18N4O2/c1-8(7-14-6-5-11-13-14)12-9(15)16-10(2,3)4/h5-6,8H,7H2,1-4H3,(H,12,15)/t8-/m1/s1. The summed E-state index contributed by atoms with van der Waals surface area (Å²) in [4.78, 5) is 11.4. The van der Waals surface area contributed by atoms with Crippen LogP contribution >= 0.6 is 0 Å². The van der Waals surface area contributed by atoms with Gasteiger partial charge in [0.25, 0.3) is 0 Å². The summed E-state index contributed by atoms with van der Waals surface area (Å²) >= 11 is 0. The quantitative estimate of drug-likeness (QED) is 0.840. The van der Waals surface area contributed by atoms with Crippen LogP contribution in [0.15, 0.2) is 12.4 Å². The Hall–Kier alpha value is -1.59. The molecule has 1 rings (SSSR count). The monoisotopic (exact) mass is 226 g/mol. The van der Waals surface area contributed by atoms with E-state index in [-0.39, 0.29) is 6.04 Å². The fourth-order valence-electron chi connectivity index (χ4n) is 1.17. The highest BCUT2D eigenvalue weighted by Crippen LogP contribution is 2.06. The Morgan fingerprint density at radius 1 is 1.56 bits per heavy atom. The highest BCUT2D eigenvalue weighted by Gasteiger charge is 2.17. The molecule has 0 saturated heterocycles. The van der Waals surface area contributed by atoms with Crippen LogP contribution in [0.2, 0.25) is 0 Å². The van der Waals surface area contributed by atoms with E-state index in [2.05, 4.69) is 15.6 Å². The van der Waals surface area contributed by atoms with Gasteiger partial charge >= 0.3 is 6.09 Å². The molecule has 0 aliphatic rings. The number of carbonyl (C=O) groups is 1. The van der Waals surface area contributed by atoms with Crippen LogP contribution in [-0.4, -0.2) is 32.7 Å². The molecule has 6 heteroatoms. The van der Waals surface area contributed by atoms with Gasteiger partial charge in [-0.25, -0.2) is 4.79 Å². The summed E-state index contributed by atoms with van der Waals surface area (Å²) in [5, 5.41) is 10.2. The molecule has 0 unspecified atom stereocenters. The molecule has 1 amide bonds. The van der Waals surface area contributed by atoms with Crippen molar-refractivity contribution in [3.05, 3.63) is 12.4 Å². The van der Waals surface area contributed by atoms with E-state index < -0.39 is 11.7 Å². The Balaban J connectivity index is 2.34. The van der Waals surface area contributed by atoms with Crippen molar-refractivity contribution in [3.63, 3.8) is 0 Å². The van der Waals surface area contributed by atoms with Gasteiger partial charge in [0.05, 0.1) is 12.7 Å². The second-order valence-corrected chi connectivity index (χ2v) is 4.67. The van der Waals surface area contributed by atoms with Crippen LogP contribution in [0.3, 0.4) is 0 Å². The molecule has 0 aromatic carbocycles. The summed E-state index contributed by atoms with van der Waals surface area (Å²) in [7, 11) is 0. The molecule has 1 atom stereocenters. The Morgan fingerprint density at radius 2 is 2.25 bits per heavy atom. The third-order valence-corrected chi connectivity index (χ3v) is 1.70. The Morgan fingerprint density at radius 3 is 2.75 bits per heavy atom. The van der Waals surface area contributed by atoms with Crippen molar-refractivity contribution in [2.45, 2.75) is 45.9 Å². The summed E-state index contributed by atoms with van der Waals surface area (Å²) in [5.41, 5.74) is -0.475. The zero-order valence-corrected chi connectivity index (χ0v) is 10.1. The van der Waals surface area contributed by atoms with Gasteiger partial charge in [-0.3, -0.25) is 4.68 Å². The van der Waals surface area contributed by atoms with E-state index in [1.54, 1.807) is 17.1 Å². The maximum Gasteiger partial charge on any atom is 0.407 e. The number of hydrogen-bond donors (Lipinski definition) is 1. The number of nitrogens with zero attached hydrogens (tertiary/aromatic N) is 3. The van der Waals surface area contributed by atoms with Gasteiger partial charge in [0.2, 0.25) is 0 Å². The minimum Gasteiger partial charge on any atom is -0.444 e. The predicted octanol–water partition coefficient (Wildman–Crippen LogP) is 1.19. The van der Waals surface area contributed by atoms with E-state index in [0.717, 1.165) is 0 Å². The number of aromatic nitrogens is 3. The minimum atomic E-state index is -0.475. The molecule has 1 N–H and O–H groups in total.